The highest BCUT2D eigenvalue weighted by atomic mass is 35.5. The van der Waals surface area contributed by atoms with Crippen molar-refractivity contribution in [2.45, 2.75) is 38.6 Å². The molecule has 28 heavy (non-hydrogen) atoms. The molecule has 0 radical (unpaired) electrons. The van der Waals surface area contributed by atoms with Crippen LogP contribution in [0.1, 0.15) is 52.4 Å². The molecule has 3 aromatic rings. The molecular weight excluding hydrogens is 376 g/mol. The second-order valence-corrected chi connectivity index (χ2v) is 7.54. The highest BCUT2D eigenvalue weighted by molar-refractivity contribution is 6.31. The van der Waals surface area contributed by atoms with Crippen LogP contribution in [-0.4, -0.2) is 27.2 Å². The van der Waals surface area contributed by atoms with Crippen molar-refractivity contribution in [3.63, 3.8) is 0 Å². The van der Waals surface area contributed by atoms with E-state index in [0.29, 0.717) is 16.2 Å². The van der Waals surface area contributed by atoms with Gasteiger partial charge in [0.05, 0.1) is 5.52 Å². The van der Waals surface area contributed by atoms with Gasteiger partial charge in [-0.2, -0.15) is 0 Å². The number of hydrogen-bond donors (Lipinski definition) is 2. The molecular formula is C21H21ClN4O2. The molecule has 0 saturated heterocycles. The number of halogens is 1. The normalized spacial score (nSPS) is 14.4. The van der Waals surface area contributed by atoms with Crippen LogP contribution in [-0.2, 0) is 0 Å². The average Bonchev–Trinajstić information content (AvgIpc) is 3.32. The summed E-state index contributed by atoms with van der Waals surface area (Å²) < 4.78 is 1.64. The molecule has 0 aliphatic heterocycles. The number of benzene rings is 1. The number of nitrogens with zero attached hydrogens (tertiary/aromatic N) is 2. The van der Waals surface area contributed by atoms with Gasteiger partial charge in [-0.3, -0.25) is 14.0 Å². The molecule has 0 spiro atoms. The molecule has 6 nitrogen and oxygen atoms in total. The van der Waals surface area contributed by atoms with Crippen LogP contribution in [0.4, 0.5) is 5.69 Å². The van der Waals surface area contributed by atoms with Crippen molar-refractivity contribution in [3.8, 4) is 0 Å². The van der Waals surface area contributed by atoms with Crippen LogP contribution >= 0.6 is 11.6 Å². The lowest BCUT2D eigenvalue weighted by atomic mass is 10.2. The van der Waals surface area contributed by atoms with E-state index in [4.69, 9.17) is 11.6 Å². The molecule has 1 aromatic carbocycles. The van der Waals surface area contributed by atoms with E-state index in [9.17, 15) is 9.59 Å². The van der Waals surface area contributed by atoms with E-state index in [1.165, 1.54) is 0 Å². The first kappa shape index (κ1) is 18.5. The molecule has 2 N–H and O–H groups in total. The Balaban J connectivity index is 1.66. The highest BCUT2D eigenvalue weighted by Crippen LogP contribution is 2.22. The van der Waals surface area contributed by atoms with Crippen LogP contribution in [0, 0.1) is 6.92 Å². The van der Waals surface area contributed by atoms with Gasteiger partial charge in [0.25, 0.3) is 11.8 Å². The number of amides is 2. The quantitative estimate of drug-likeness (QED) is 0.693. The lowest BCUT2D eigenvalue weighted by Crippen LogP contribution is -2.33. The van der Waals surface area contributed by atoms with Crippen molar-refractivity contribution < 1.29 is 9.59 Å². The van der Waals surface area contributed by atoms with E-state index >= 15 is 0 Å². The minimum absolute atomic E-state index is 0.159. The van der Waals surface area contributed by atoms with Crippen molar-refractivity contribution in [2.75, 3.05) is 5.32 Å². The Labute approximate surface area is 167 Å². The van der Waals surface area contributed by atoms with Gasteiger partial charge in [0.2, 0.25) is 5.82 Å². The topological polar surface area (TPSA) is 75.5 Å². The largest absolute Gasteiger partial charge is 0.348 e. The maximum atomic E-state index is 12.9. The van der Waals surface area contributed by atoms with Gasteiger partial charge >= 0.3 is 0 Å². The molecule has 1 saturated carbocycles. The minimum atomic E-state index is -0.397. The summed E-state index contributed by atoms with van der Waals surface area (Å²) in [6.45, 7) is 1.89. The van der Waals surface area contributed by atoms with E-state index in [1.54, 1.807) is 34.9 Å². The van der Waals surface area contributed by atoms with Crippen LogP contribution < -0.4 is 10.6 Å². The number of carbonyl (C=O) groups is 2. The lowest BCUT2D eigenvalue weighted by Gasteiger charge is -2.10. The molecule has 0 bridgehead atoms. The number of anilines is 1. The number of rotatable bonds is 4. The highest BCUT2D eigenvalue weighted by Gasteiger charge is 2.24. The SMILES string of the molecule is Cc1ccc(Cl)cc1NC(=O)c1nc(C(=O)NC2CCCC2)c2ccccn12. The third-order valence-corrected chi connectivity index (χ3v) is 5.34. The summed E-state index contributed by atoms with van der Waals surface area (Å²) in [5, 5.41) is 6.42. The van der Waals surface area contributed by atoms with Gasteiger partial charge in [-0.1, -0.05) is 36.6 Å². The summed E-state index contributed by atoms with van der Waals surface area (Å²) in [4.78, 5) is 30.1. The van der Waals surface area contributed by atoms with Crippen LogP contribution in [0.25, 0.3) is 5.52 Å². The van der Waals surface area contributed by atoms with Crippen LogP contribution in [0.5, 0.6) is 0 Å². The predicted molar refractivity (Wildman–Crippen MR) is 109 cm³/mol. The predicted octanol–water partition coefficient (Wildman–Crippen LogP) is 4.22. The van der Waals surface area contributed by atoms with Gasteiger partial charge in [-0.15, -0.1) is 0 Å². The summed E-state index contributed by atoms with van der Waals surface area (Å²) in [5.41, 5.74) is 2.37. The third-order valence-electron chi connectivity index (χ3n) is 5.10. The molecule has 4 rings (SSSR count). The maximum absolute atomic E-state index is 12.9. The molecule has 0 unspecified atom stereocenters. The summed E-state index contributed by atoms with van der Waals surface area (Å²) in [5.74, 6) is -0.480. The minimum Gasteiger partial charge on any atom is -0.348 e. The number of aromatic nitrogens is 2. The van der Waals surface area contributed by atoms with Gasteiger partial charge in [0, 0.05) is 22.9 Å². The standard InChI is InChI=1S/C21H21ClN4O2/c1-13-9-10-14(22)12-16(13)24-21(28)19-25-18(17-8-4-5-11-26(17)19)20(27)23-15-6-2-3-7-15/h4-5,8-12,15H,2-3,6-7H2,1H3,(H,23,27)(H,24,28). The van der Waals surface area contributed by atoms with E-state index in [-0.39, 0.29) is 23.5 Å². The summed E-state index contributed by atoms with van der Waals surface area (Å²) in [7, 11) is 0. The third kappa shape index (κ3) is 3.60. The van der Waals surface area contributed by atoms with Crippen molar-refractivity contribution >= 4 is 34.6 Å². The molecule has 1 aliphatic carbocycles. The molecule has 2 heterocycles. The first-order valence-electron chi connectivity index (χ1n) is 9.38. The maximum Gasteiger partial charge on any atom is 0.292 e. The molecule has 1 aliphatic rings. The number of hydrogen-bond acceptors (Lipinski definition) is 3. The second-order valence-electron chi connectivity index (χ2n) is 7.11. The fourth-order valence-corrected chi connectivity index (χ4v) is 3.77. The second kappa shape index (κ2) is 7.64. The van der Waals surface area contributed by atoms with Gasteiger partial charge in [0.1, 0.15) is 0 Å². The van der Waals surface area contributed by atoms with E-state index in [1.807, 2.05) is 19.1 Å². The Kier molecular flexibility index (Phi) is 5.05. The van der Waals surface area contributed by atoms with E-state index < -0.39 is 5.91 Å². The Morgan fingerprint density at radius 3 is 2.71 bits per heavy atom. The summed E-state index contributed by atoms with van der Waals surface area (Å²) in [6, 6.07) is 10.9. The Hall–Kier alpha value is -2.86. The zero-order chi connectivity index (χ0) is 19.7. The molecule has 1 fully saturated rings. The smallest absolute Gasteiger partial charge is 0.292 e. The molecule has 2 amide bonds. The first-order valence-corrected chi connectivity index (χ1v) is 9.76. The molecule has 0 atom stereocenters. The van der Waals surface area contributed by atoms with Gasteiger partial charge in [-0.05, 0) is 49.6 Å². The summed E-state index contributed by atoms with van der Waals surface area (Å²) >= 11 is 6.04. The zero-order valence-electron chi connectivity index (χ0n) is 15.5. The molecule has 2 aromatic heterocycles. The fourth-order valence-electron chi connectivity index (χ4n) is 3.60. The summed E-state index contributed by atoms with van der Waals surface area (Å²) in [6.07, 6.45) is 5.95. The monoisotopic (exact) mass is 396 g/mol. The number of nitrogens with one attached hydrogen (secondary N) is 2. The van der Waals surface area contributed by atoms with E-state index in [2.05, 4.69) is 15.6 Å². The van der Waals surface area contributed by atoms with Crippen molar-refractivity contribution in [2.24, 2.45) is 0 Å². The van der Waals surface area contributed by atoms with Crippen molar-refractivity contribution in [1.82, 2.24) is 14.7 Å². The Morgan fingerprint density at radius 1 is 1.14 bits per heavy atom. The fraction of sp³-hybridized carbons (Fsp3) is 0.286. The van der Waals surface area contributed by atoms with Crippen LogP contribution in [0.2, 0.25) is 5.02 Å². The average molecular weight is 397 g/mol. The lowest BCUT2D eigenvalue weighted by molar-refractivity contribution is 0.0935. The Bertz CT molecular complexity index is 1050. The zero-order valence-corrected chi connectivity index (χ0v) is 16.3. The number of pyridine rings is 1. The Morgan fingerprint density at radius 2 is 1.93 bits per heavy atom. The first-order chi connectivity index (χ1) is 13.5. The van der Waals surface area contributed by atoms with E-state index in [0.717, 1.165) is 31.2 Å². The van der Waals surface area contributed by atoms with Crippen LogP contribution in [0.15, 0.2) is 42.6 Å². The molecule has 144 valence electrons. The van der Waals surface area contributed by atoms with Crippen molar-refractivity contribution in [1.29, 1.82) is 0 Å². The van der Waals surface area contributed by atoms with Gasteiger partial charge < -0.3 is 10.6 Å². The number of carbonyl (C=O) groups excluding carboxylic acids is 2. The number of aryl methyl sites for hydroxylation is 1. The number of imidazole rings is 1. The number of fused-ring (bicyclic) bond motifs is 1. The molecule has 7 heteroatoms. The van der Waals surface area contributed by atoms with Gasteiger partial charge in [0.15, 0.2) is 5.69 Å². The van der Waals surface area contributed by atoms with Crippen molar-refractivity contribution in [3.05, 3.63) is 64.7 Å². The van der Waals surface area contributed by atoms with Gasteiger partial charge in [-0.25, -0.2) is 4.98 Å². The van der Waals surface area contributed by atoms with Crippen LogP contribution in [0.3, 0.4) is 0 Å².